The van der Waals surface area contributed by atoms with Gasteiger partial charge in [-0.2, -0.15) is 11.8 Å². The fourth-order valence-electron chi connectivity index (χ4n) is 2.70. The van der Waals surface area contributed by atoms with E-state index in [0.29, 0.717) is 5.92 Å². The van der Waals surface area contributed by atoms with Crippen molar-refractivity contribution in [1.29, 1.82) is 0 Å². The number of nitrogens with zero attached hydrogens (tertiary/aromatic N) is 2. The monoisotopic (exact) mass is 286 g/mol. The first kappa shape index (κ1) is 14.5. The van der Waals surface area contributed by atoms with Gasteiger partial charge in [0, 0.05) is 44.1 Å². The third-order valence-electron chi connectivity index (χ3n) is 3.93. The zero-order chi connectivity index (χ0) is 13.7. The van der Waals surface area contributed by atoms with Crippen molar-refractivity contribution in [3.63, 3.8) is 0 Å². The summed E-state index contributed by atoms with van der Waals surface area (Å²) in [6.07, 6.45) is 2.89. The lowest BCUT2D eigenvalue weighted by molar-refractivity contribution is -0.137. The lowest BCUT2D eigenvalue weighted by atomic mass is 9.92. The highest BCUT2D eigenvalue weighted by Gasteiger charge is 2.27. The van der Waals surface area contributed by atoms with Crippen LogP contribution in [0.15, 0.2) is 0 Å². The Bertz CT molecular complexity index is 324. The van der Waals surface area contributed by atoms with E-state index in [-0.39, 0.29) is 12.5 Å². The minimum atomic E-state index is -0.718. The van der Waals surface area contributed by atoms with Gasteiger partial charge in [-0.15, -0.1) is 0 Å². The van der Waals surface area contributed by atoms with Gasteiger partial charge in [0.25, 0.3) is 0 Å². The molecule has 2 aliphatic heterocycles. The highest BCUT2D eigenvalue weighted by atomic mass is 32.2. The van der Waals surface area contributed by atoms with E-state index in [1.165, 1.54) is 0 Å². The molecule has 2 rings (SSSR count). The van der Waals surface area contributed by atoms with Gasteiger partial charge in [0.15, 0.2) is 0 Å². The number of carbonyl (C=O) groups is 2. The van der Waals surface area contributed by atoms with E-state index in [1.54, 1.807) is 0 Å². The molecule has 0 unspecified atom stereocenters. The number of hydrogen-bond donors (Lipinski definition) is 1. The van der Waals surface area contributed by atoms with E-state index in [1.807, 2.05) is 21.6 Å². The van der Waals surface area contributed by atoms with Gasteiger partial charge in [-0.25, -0.2) is 4.79 Å². The van der Waals surface area contributed by atoms with Gasteiger partial charge in [-0.05, 0) is 25.2 Å². The molecule has 0 spiro atoms. The number of urea groups is 1. The van der Waals surface area contributed by atoms with Crippen molar-refractivity contribution >= 4 is 23.8 Å². The number of aliphatic carboxylic acids is 1. The molecule has 0 atom stereocenters. The van der Waals surface area contributed by atoms with Gasteiger partial charge in [0.2, 0.25) is 0 Å². The van der Waals surface area contributed by atoms with Crippen molar-refractivity contribution in [1.82, 2.24) is 9.80 Å². The standard InChI is InChI=1S/C13H22N2O3S/c16-12(17)2-1-11-3-5-14(6-4-11)13(18)15-7-9-19-10-8-15/h11H,1-10H2,(H,16,17). The first-order valence-electron chi connectivity index (χ1n) is 7.00. The lowest BCUT2D eigenvalue weighted by Gasteiger charge is -2.37. The highest BCUT2D eigenvalue weighted by Crippen LogP contribution is 2.23. The first-order chi connectivity index (χ1) is 9.16. The van der Waals surface area contributed by atoms with Gasteiger partial charge in [-0.3, -0.25) is 4.79 Å². The van der Waals surface area contributed by atoms with Crippen LogP contribution in [0.5, 0.6) is 0 Å². The maximum Gasteiger partial charge on any atom is 0.320 e. The maximum atomic E-state index is 12.3. The van der Waals surface area contributed by atoms with Crippen LogP contribution in [-0.2, 0) is 4.79 Å². The summed E-state index contributed by atoms with van der Waals surface area (Å²) in [7, 11) is 0. The Morgan fingerprint density at radius 1 is 1.05 bits per heavy atom. The third-order valence-corrected chi connectivity index (χ3v) is 4.88. The zero-order valence-electron chi connectivity index (χ0n) is 11.2. The normalized spacial score (nSPS) is 21.5. The number of amides is 2. The summed E-state index contributed by atoms with van der Waals surface area (Å²) < 4.78 is 0. The summed E-state index contributed by atoms with van der Waals surface area (Å²) >= 11 is 1.90. The van der Waals surface area contributed by atoms with Crippen LogP contribution in [0, 0.1) is 5.92 Å². The highest BCUT2D eigenvalue weighted by molar-refractivity contribution is 7.99. The van der Waals surface area contributed by atoms with E-state index in [4.69, 9.17) is 5.11 Å². The lowest BCUT2D eigenvalue weighted by Crippen LogP contribution is -2.49. The Kier molecular flexibility index (Phi) is 5.36. The third kappa shape index (κ3) is 4.30. The molecule has 0 bridgehead atoms. The topological polar surface area (TPSA) is 60.9 Å². The fraction of sp³-hybridized carbons (Fsp3) is 0.846. The van der Waals surface area contributed by atoms with Gasteiger partial charge in [0.05, 0.1) is 0 Å². The van der Waals surface area contributed by atoms with Crippen LogP contribution in [0.1, 0.15) is 25.7 Å². The molecule has 19 heavy (non-hydrogen) atoms. The number of carboxylic acid groups (broad SMARTS) is 1. The molecule has 0 radical (unpaired) electrons. The van der Waals surface area contributed by atoms with Gasteiger partial charge < -0.3 is 14.9 Å². The minimum Gasteiger partial charge on any atom is -0.481 e. The van der Waals surface area contributed by atoms with Crippen LogP contribution in [0.25, 0.3) is 0 Å². The quantitative estimate of drug-likeness (QED) is 0.858. The number of piperidine rings is 1. The van der Waals surface area contributed by atoms with Crippen LogP contribution < -0.4 is 0 Å². The Hall–Kier alpha value is -0.910. The van der Waals surface area contributed by atoms with E-state index in [2.05, 4.69) is 0 Å². The molecule has 2 fully saturated rings. The molecule has 2 saturated heterocycles. The molecule has 1 N–H and O–H groups in total. The molecule has 2 heterocycles. The number of hydrogen-bond acceptors (Lipinski definition) is 3. The van der Waals surface area contributed by atoms with Crippen molar-refractivity contribution in [2.75, 3.05) is 37.7 Å². The average molecular weight is 286 g/mol. The molecule has 0 aromatic rings. The number of likely N-dealkylation sites (tertiary alicyclic amines) is 1. The van der Waals surface area contributed by atoms with E-state index in [0.717, 1.165) is 56.9 Å². The first-order valence-corrected chi connectivity index (χ1v) is 8.15. The Balaban J connectivity index is 1.72. The van der Waals surface area contributed by atoms with Gasteiger partial charge in [-0.1, -0.05) is 0 Å². The molecule has 5 nitrogen and oxygen atoms in total. The number of thioether (sulfide) groups is 1. The minimum absolute atomic E-state index is 0.178. The van der Waals surface area contributed by atoms with Crippen LogP contribution >= 0.6 is 11.8 Å². The average Bonchev–Trinajstić information content (AvgIpc) is 2.46. The summed E-state index contributed by atoms with van der Waals surface area (Å²) in [4.78, 5) is 26.7. The molecule has 2 amide bonds. The van der Waals surface area contributed by atoms with Crippen LogP contribution in [0.4, 0.5) is 4.79 Å². The second-order valence-corrected chi connectivity index (χ2v) is 6.47. The molecule has 108 valence electrons. The van der Waals surface area contributed by atoms with Crippen LogP contribution in [-0.4, -0.2) is 64.6 Å². The van der Waals surface area contributed by atoms with Crippen LogP contribution in [0.2, 0.25) is 0 Å². The van der Waals surface area contributed by atoms with E-state index in [9.17, 15) is 9.59 Å². The molecule has 0 saturated carbocycles. The molecule has 2 aliphatic rings. The summed E-state index contributed by atoms with van der Waals surface area (Å²) in [6, 6.07) is 0.178. The predicted molar refractivity (Wildman–Crippen MR) is 75.5 cm³/mol. The molecular weight excluding hydrogens is 264 g/mol. The van der Waals surface area contributed by atoms with E-state index < -0.39 is 5.97 Å². The fourth-order valence-corrected chi connectivity index (χ4v) is 3.60. The van der Waals surface area contributed by atoms with Crippen molar-refractivity contribution < 1.29 is 14.7 Å². The number of carbonyl (C=O) groups excluding carboxylic acids is 1. The molecule has 0 aromatic heterocycles. The zero-order valence-corrected chi connectivity index (χ0v) is 12.0. The predicted octanol–water partition coefficient (Wildman–Crippen LogP) is 1.73. The maximum absolute atomic E-state index is 12.3. The Labute approximate surface area is 118 Å². The van der Waals surface area contributed by atoms with Crippen LogP contribution in [0.3, 0.4) is 0 Å². The Morgan fingerprint density at radius 3 is 2.21 bits per heavy atom. The second-order valence-electron chi connectivity index (χ2n) is 5.24. The molecule has 0 aromatic carbocycles. The summed E-state index contributed by atoms with van der Waals surface area (Å²) in [6.45, 7) is 3.30. The van der Waals surface area contributed by atoms with Gasteiger partial charge >= 0.3 is 12.0 Å². The van der Waals surface area contributed by atoms with Crippen molar-refractivity contribution in [3.8, 4) is 0 Å². The summed E-state index contributed by atoms with van der Waals surface area (Å²) in [5.74, 6) is 1.84. The van der Waals surface area contributed by atoms with Crippen molar-refractivity contribution in [2.45, 2.75) is 25.7 Å². The van der Waals surface area contributed by atoms with Crippen molar-refractivity contribution in [2.24, 2.45) is 5.92 Å². The second kappa shape index (κ2) is 7.03. The Morgan fingerprint density at radius 2 is 1.63 bits per heavy atom. The van der Waals surface area contributed by atoms with E-state index >= 15 is 0 Å². The van der Waals surface area contributed by atoms with Crippen molar-refractivity contribution in [3.05, 3.63) is 0 Å². The number of carboxylic acids is 1. The summed E-state index contributed by atoms with van der Waals surface area (Å²) in [5, 5.41) is 8.68. The largest absolute Gasteiger partial charge is 0.481 e. The SMILES string of the molecule is O=C(O)CCC1CCN(C(=O)N2CCSCC2)CC1. The smallest absolute Gasteiger partial charge is 0.320 e. The number of rotatable bonds is 3. The molecular formula is C13H22N2O3S. The summed E-state index contributed by atoms with van der Waals surface area (Å²) in [5.41, 5.74) is 0. The molecule has 0 aliphatic carbocycles. The molecule has 6 heteroatoms. The van der Waals surface area contributed by atoms with Gasteiger partial charge in [0.1, 0.15) is 0 Å².